The van der Waals surface area contributed by atoms with E-state index in [1.807, 2.05) is 0 Å². The minimum absolute atomic E-state index is 0.136. The molecule has 0 unspecified atom stereocenters. The number of rotatable bonds is 5. The summed E-state index contributed by atoms with van der Waals surface area (Å²) >= 11 is 6.01. The summed E-state index contributed by atoms with van der Waals surface area (Å²) in [5.41, 5.74) is -0.788. The first-order valence-electron chi connectivity index (χ1n) is 7.32. The van der Waals surface area contributed by atoms with E-state index < -0.39 is 42.2 Å². The smallest absolute Gasteiger partial charge is 0.458 e. The summed E-state index contributed by atoms with van der Waals surface area (Å²) in [5.74, 6) is -4.63. The quantitative estimate of drug-likeness (QED) is 0.769. The van der Waals surface area contributed by atoms with E-state index >= 15 is 0 Å². The SMILES string of the molecule is CC(C)(C)OC(=O)[C@H](NC(=O)C(F)(F)F)[C@@H](CO)c1ccccc1Cl. The maximum atomic E-state index is 12.6. The van der Waals surface area contributed by atoms with Crippen molar-refractivity contribution in [1.82, 2.24) is 5.32 Å². The summed E-state index contributed by atoms with van der Waals surface area (Å²) in [6, 6.07) is 4.26. The fourth-order valence-corrected chi connectivity index (χ4v) is 2.35. The summed E-state index contributed by atoms with van der Waals surface area (Å²) in [7, 11) is 0. The lowest BCUT2D eigenvalue weighted by Gasteiger charge is -2.29. The summed E-state index contributed by atoms with van der Waals surface area (Å²) in [4.78, 5) is 23.7. The third-order valence-electron chi connectivity index (χ3n) is 3.11. The summed E-state index contributed by atoms with van der Waals surface area (Å²) in [5, 5.41) is 11.4. The number of ether oxygens (including phenoxy) is 1. The molecule has 9 heteroatoms. The van der Waals surface area contributed by atoms with E-state index in [0.717, 1.165) is 0 Å². The van der Waals surface area contributed by atoms with Crippen molar-refractivity contribution in [1.29, 1.82) is 0 Å². The summed E-state index contributed by atoms with van der Waals surface area (Å²) in [6.45, 7) is 3.84. The van der Waals surface area contributed by atoms with E-state index in [4.69, 9.17) is 16.3 Å². The predicted octanol–water partition coefficient (Wildman–Crippen LogP) is 2.80. The molecule has 25 heavy (non-hydrogen) atoms. The first kappa shape index (κ1) is 21.2. The third kappa shape index (κ3) is 6.21. The Hall–Kier alpha value is -1.80. The van der Waals surface area contributed by atoms with Crippen molar-refractivity contribution >= 4 is 23.5 Å². The molecule has 0 aliphatic heterocycles. The van der Waals surface area contributed by atoms with Gasteiger partial charge in [-0.3, -0.25) is 4.79 Å². The van der Waals surface area contributed by atoms with Crippen molar-refractivity contribution in [2.45, 2.75) is 44.5 Å². The van der Waals surface area contributed by atoms with Gasteiger partial charge in [0.15, 0.2) is 0 Å². The zero-order valence-corrected chi connectivity index (χ0v) is 14.6. The maximum absolute atomic E-state index is 12.6. The van der Waals surface area contributed by atoms with Gasteiger partial charge in [-0.25, -0.2) is 4.79 Å². The fourth-order valence-electron chi connectivity index (χ4n) is 2.07. The molecule has 1 amide bonds. The molecule has 1 aromatic carbocycles. The lowest BCUT2D eigenvalue weighted by Crippen LogP contribution is -2.52. The van der Waals surface area contributed by atoms with Crippen LogP contribution in [0.2, 0.25) is 5.02 Å². The predicted molar refractivity (Wildman–Crippen MR) is 85.1 cm³/mol. The highest BCUT2D eigenvalue weighted by Crippen LogP contribution is 2.29. The number of carbonyl (C=O) groups excluding carboxylic acids is 2. The molecular weight excluding hydrogens is 363 g/mol. The molecule has 2 atom stereocenters. The Bertz CT molecular complexity index is 629. The van der Waals surface area contributed by atoms with Gasteiger partial charge in [0.25, 0.3) is 0 Å². The number of benzene rings is 1. The first-order chi connectivity index (χ1) is 11.4. The molecule has 140 valence electrons. The minimum Gasteiger partial charge on any atom is -0.458 e. The van der Waals surface area contributed by atoms with Gasteiger partial charge in [-0.2, -0.15) is 13.2 Å². The molecule has 0 aromatic heterocycles. The molecule has 0 fully saturated rings. The second-order valence-electron chi connectivity index (χ2n) is 6.29. The number of amides is 1. The van der Waals surface area contributed by atoms with Crippen molar-refractivity contribution in [2.75, 3.05) is 6.61 Å². The highest BCUT2D eigenvalue weighted by molar-refractivity contribution is 6.31. The van der Waals surface area contributed by atoms with E-state index in [-0.39, 0.29) is 10.6 Å². The maximum Gasteiger partial charge on any atom is 0.471 e. The highest BCUT2D eigenvalue weighted by Gasteiger charge is 2.44. The van der Waals surface area contributed by atoms with Crippen LogP contribution in [0, 0.1) is 0 Å². The standard InChI is InChI=1S/C16H19ClF3NO4/c1-15(2,3)25-13(23)12(21-14(24)16(18,19)20)10(8-22)9-6-4-5-7-11(9)17/h4-7,10,12,22H,8H2,1-3H3,(H,21,24)/t10-,12+/m0/s1. The Morgan fingerprint density at radius 1 is 1.24 bits per heavy atom. The van der Waals surface area contributed by atoms with E-state index in [0.29, 0.717) is 0 Å². The number of hydrogen-bond donors (Lipinski definition) is 2. The number of carbonyl (C=O) groups is 2. The molecule has 5 nitrogen and oxygen atoms in total. The van der Waals surface area contributed by atoms with Gasteiger partial charge in [-0.05, 0) is 32.4 Å². The molecule has 0 radical (unpaired) electrons. The third-order valence-corrected chi connectivity index (χ3v) is 3.45. The average molecular weight is 382 g/mol. The van der Waals surface area contributed by atoms with Gasteiger partial charge in [0.05, 0.1) is 6.61 Å². The fraction of sp³-hybridized carbons (Fsp3) is 0.500. The topological polar surface area (TPSA) is 75.6 Å². The normalized spacial score (nSPS) is 14.6. The van der Waals surface area contributed by atoms with Crippen LogP contribution in [0.1, 0.15) is 32.3 Å². The number of aliphatic hydroxyl groups is 1. The zero-order valence-electron chi connectivity index (χ0n) is 13.9. The Morgan fingerprint density at radius 3 is 2.24 bits per heavy atom. The van der Waals surface area contributed by atoms with Crippen LogP contribution in [0.3, 0.4) is 0 Å². The van der Waals surface area contributed by atoms with Crippen LogP contribution in [0.25, 0.3) is 0 Å². The monoisotopic (exact) mass is 381 g/mol. The van der Waals surface area contributed by atoms with Crippen molar-refractivity contribution in [3.8, 4) is 0 Å². The van der Waals surface area contributed by atoms with Crippen molar-refractivity contribution in [3.63, 3.8) is 0 Å². The molecule has 2 N–H and O–H groups in total. The van der Waals surface area contributed by atoms with Gasteiger partial charge in [0.1, 0.15) is 11.6 Å². The molecule has 1 aromatic rings. The molecular formula is C16H19ClF3NO4. The first-order valence-corrected chi connectivity index (χ1v) is 7.70. The lowest BCUT2D eigenvalue weighted by atomic mass is 9.91. The van der Waals surface area contributed by atoms with Gasteiger partial charge in [-0.1, -0.05) is 29.8 Å². The molecule has 0 heterocycles. The van der Waals surface area contributed by atoms with Crippen molar-refractivity contribution < 1.29 is 32.6 Å². The van der Waals surface area contributed by atoms with Gasteiger partial charge in [0, 0.05) is 10.9 Å². The lowest BCUT2D eigenvalue weighted by molar-refractivity contribution is -0.177. The van der Waals surface area contributed by atoms with Crippen LogP contribution in [0.4, 0.5) is 13.2 Å². The second kappa shape index (κ2) is 8.05. The highest BCUT2D eigenvalue weighted by atomic mass is 35.5. The number of hydrogen-bond acceptors (Lipinski definition) is 4. The number of halogens is 4. The summed E-state index contributed by atoms with van der Waals surface area (Å²) in [6.07, 6.45) is -5.19. The molecule has 1 rings (SSSR count). The number of alkyl halides is 3. The van der Waals surface area contributed by atoms with Crippen LogP contribution in [0.5, 0.6) is 0 Å². The van der Waals surface area contributed by atoms with Crippen molar-refractivity contribution in [3.05, 3.63) is 34.9 Å². The Kier molecular flexibility index (Phi) is 6.84. The van der Waals surface area contributed by atoms with E-state index in [9.17, 15) is 27.9 Å². The van der Waals surface area contributed by atoms with Crippen LogP contribution in [0.15, 0.2) is 24.3 Å². The second-order valence-corrected chi connectivity index (χ2v) is 6.70. The van der Waals surface area contributed by atoms with Crippen LogP contribution in [-0.2, 0) is 14.3 Å². The van der Waals surface area contributed by atoms with Gasteiger partial charge < -0.3 is 15.2 Å². The van der Waals surface area contributed by atoms with E-state index in [1.165, 1.54) is 32.9 Å². The van der Waals surface area contributed by atoms with Gasteiger partial charge >= 0.3 is 18.1 Å². The molecule has 0 bridgehead atoms. The summed E-state index contributed by atoms with van der Waals surface area (Å²) < 4.78 is 42.9. The van der Waals surface area contributed by atoms with E-state index in [1.54, 1.807) is 17.4 Å². The molecule has 0 aliphatic rings. The Morgan fingerprint density at radius 2 is 1.80 bits per heavy atom. The van der Waals surface area contributed by atoms with Crippen LogP contribution < -0.4 is 5.32 Å². The Labute approximate surface area is 148 Å². The van der Waals surface area contributed by atoms with Gasteiger partial charge in [-0.15, -0.1) is 0 Å². The number of nitrogens with one attached hydrogen (secondary N) is 1. The minimum atomic E-state index is -5.19. The Balaban J connectivity index is 3.25. The van der Waals surface area contributed by atoms with Gasteiger partial charge in [0.2, 0.25) is 0 Å². The van der Waals surface area contributed by atoms with Crippen LogP contribution >= 0.6 is 11.6 Å². The van der Waals surface area contributed by atoms with E-state index in [2.05, 4.69) is 0 Å². The number of esters is 1. The zero-order chi connectivity index (χ0) is 19.4. The number of aliphatic hydroxyl groups excluding tert-OH is 1. The van der Waals surface area contributed by atoms with Crippen molar-refractivity contribution in [2.24, 2.45) is 0 Å². The molecule has 0 saturated heterocycles. The average Bonchev–Trinajstić information content (AvgIpc) is 2.45. The van der Waals surface area contributed by atoms with Crippen LogP contribution in [-0.4, -0.2) is 41.4 Å². The largest absolute Gasteiger partial charge is 0.471 e. The molecule has 0 saturated carbocycles. The molecule has 0 aliphatic carbocycles. The molecule has 0 spiro atoms.